The number of benzene rings is 1. The van der Waals surface area contributed by atoms with Crippen molar-refractivity contribution in [1.82, 2.24) is 0 Å². The highest BCUT2D eigenvalue weighted by molar-refractivity contribution is 9.10. The molecule has 0 atom stereocenters. The van der Waals surface area contributed by atoms with Crippen molar-refractivity contribution < 1.29 is 9.59 Å². The summed E-state index contributed by atoms with van der Waals surface area (Å²) in [5.74, 6) is -0.256. The number of hydrogen-bond acceptors (Lipinski definition) is 2. The molecule has 0 unspecified atom stereocenters. The largest absolute Gasteiger partial charge is 0.369 e. The third-order valence-electron chi connectivity index (χ3n) is 5.37. The normalized spacial score (nSPS) is 17.7. The fourth-order valence-electron chi connectivity index (χ4n) is 3.95. The topological polar surface area (TPSA) is 60.2 Å². The number of aldehydes is 1. The number of carbonyl (C=O) groups is 2. The van der Waals surface area contributed by atoms with E-state index < -0.39 is 5.41 Å². The minimum absolute atomic E-state index is 0.256. The van der Waals surface area contributed by atoms with Crippen LogP contribution in [0.15, 0.2) is 39.9 Å². The second-order valence-electron chi connectivity index (χ2n) is 7.04. The standard InChI is InChI=1S/C21H28BrNO2/c1-2-3-7-19(21(20(23)25)12-5-4-6-13-21)17(15-24)14-16-8-10-18(22)11-9-16/h8-11,15H,2-7,12-14H2,1H3,(H2,23,25)/b19-17+. The van der Waals surface area contributed by atoms with Gasteiger partial charge in [0.15, 0.2) is 0 Å². The Balaban J connectivity index is 2.45. The molecule has 1 aromatic rings. The van der Waals surface area contributed by atoms with Crippen LogP contribution in [-0.2, 0) is 16.0 Å². The second-order valence-corrected chi connectivity index (χ2v) is 7.95. The quantitative estimate of drug-likeness (QED) is 0.482. The maximum absolute atomic E-state index is 12.5. The highest BCUT2D eigenvalue weighted by atomic mass is 79.9. The maximum atomic E-state index is 12.5. The Morgan fingerprint density at radius 3 is 2.36 bits per heavy atom. The van der Waals surface area contributed by atoms with Crippen molar-refractivity contribution in [2.24, 2.45) is 11.1 Å². The van der Waals surface area contributed by atoms with Crippen LogP contribution in [-0.4, -0.2) is 12.2 Å². The van der Waals surface area contributed by atoms with Crippen LogP contribution in [0.1, 0.15) is 63.9 Å². The average Bonchev–Trinajstić information content (AvgIpc) is 2.63. The highest BCUT2D eigenvalue weighted by Crippen LogP contribution is 2.45. The Morgan fingerprint density at radius 2 is 1.84 bits per heavy atom. The molecule has 0 aliphatic heterocycles. The van der Waals surface area contributed by atoms with E-state index >= 15 is 0 Å². The summed E-state index contributed by atoms with van der Waals surface area (Å²) in [4.78, 5) is 24.4. The molecule has 0 aromatic heterocycles. The van der Waals surface area contributed by atoms with E-state index in [1.54, 1.807) is 0 Å². The van der Waals surface area contributed by atoms with Gasteiger partial charge in [0.05, 0.1) is 5.41 Å². The minimum atomic E-state index is -0.626. The van der Waals surface area contributed by atoms with E-state index in [0.717, 1.165) is 78.8 Å². The van der Waals surface area contributed by atoms with Crippen molar-refractivity contribution in [3.05, 3.63) is 45.4 Å². The van der Waals surface area contributed by atoms with Crippen LogP contribution < -0.4 is 5.73 Å². The van der Waals surface area contributed by atoms with Crippen LogP contribution in [0.5, 0.6) is 0 Å². The molecular weight excluding hydrogens is 378 g/mol. The summed E-state index contributed by atoms with van der Waals surface area (Å²) in [6.45, 7) is 2.13. The summed E-state index contributed by atoms with van der Waals surface area (Å²) in [6, 6.07) is 7.99. The van der Waals surface area contributed by atoms with Crippen LogP contribution in [0.4, 0.5) is 0 Å². The number of amides is 1. The summed E-state index contributed by atoms with van der Waals surface area (Å²) in [7, 11) is 0. The zero-order chi connectivity index (χ0) is 18.3. The number of allylic oxidation sites excluding steroid dienone is 1. The van der Waals surface area contributed by atoms with E-state index in [1.807, 2.05) is 24.3 Å². The lowest BCUT2D eigenvalue weighted by Crippen LogP contribution is -2.41. The lowest BCUT2D eigenvalue weighted by Gasteiger charge is -2.38. The third kappa shape index (κ3) is 4.81. The van der Waals surface area contributed by atoms with Crippen LogP contribution in [0, 0.1) is 5.41 Å². The number of primary amides is 1. The highest BCUT2D eigenvalue weighted by Gasteiger charge is 2.42. The average molecular weight is 406 g/mol. The summed E-state index contributed by atoms with van der Waals surface area (Å²) < 4.78 is 1.01. The zero-order valence-corrected chi connectivity index (χ0v) is 16.6. The summed E-state index contributed by atoms with van der Waals surface area (Å²) in [6.07, 6.45) is 9.00. The second kappa shape index (κ2) is 9.33. The zero-order valence-electron chi connectivity index (χ0n) is 15.0. The van der Waals surface area contributed by atoms with Gasteiger partial charge >= 0.3 is 0 Å². The molecule has 3 nitrogen and oxygen atoms in total. The van der Waals surface area contributed by atoms with Crippen molar-refractivity contribution in [1.29, 1.82) is 0 Å². The Labute approximate surface area is 159 Å². The molecule has 2 N–H and O–H groups in total. The van der Waals surface area contributed by atoms with Crippen molar-refractivity contribution in [3.63, 3.8) is 0 Å². The molecule has 1 amide bonds. The molecule has 1 aliphatic rings. The smallest absolute Gasteiger partial charge is 0.227 e. The predicted molar refractivity (Wildman–Crippen MR) is 105 cm³/mol. The first-order valence-corrected chi connectivity index (χ1v) is 10.0. The molecule has 0 saturated heterocycles. The van der Waals surface area contributed by atoms with Gasteiger partial charge in [-0.05, 0) is 54.5 Å². The third-order valence-corrected chi connectivity index (χ3v) is 5.90. The Morgan fingerprint density at radius 1 is 1.20 bits per heavy atom. The van der Waals surface area contributed by atoms with Gasteiger partial charge in [-0.2, -0.15) is 0 Å². The fourth-order valence-corrected chi connectivity index (χ4v) is 4.22. The van der Waals surface area contributed by atoms with E-state index in [1.165, 1.54) is 0 Å². The van der Waals surface area contributed by atoms with Crippen LogP contribution >= 0.6 is 15.9 Å². The molecule has 1 aromatic carbocycles. The van der Waals surface area contributed by atoms with E-state index in [0.29, 0.717) is 6.42 Å². The Hall–Kier alpha value is -1.42. The molecule has 0 radical (unpaired) electrons. The van der Waals surface area contributed by atoms with E-state index in [4.69, 9.17) is 5.73 Å². The van der Waals surface area contributed by atoms with E-state index in [2.05, 4.69) is 22.9 Å². The lowest BCUT2D eigenvalue weighted by atomic mass is 9.65. The van der Waals surface area contributed by atoms with Gasteiger partial charge in [-0.3, -0.25) is 9.59 Å². The number of rotatable bonds is 8. The Kier molecular flexibility index (Phi) is 7.42. The van der Waals surface area contributed by atoms with Gasteiger partial charge in [-0.25, -0.2) is 0 Å². The lowest BCUT2D eigenvalue weighted by molar-refractivity contribution is -0.127. The van der Waals surface area contributed by atoms with Gasteiger partial charge in [-0.1, -0.05) is 60.7 Å². The van der Waals surface area contributed by atoms with Crippen molar-refractivity contribution in [2.45, 2.75) is 64.7 Å². The molecular formula is C21H28BrNO2. The molecule has 1 fully saturated rings. The summed E-state index contributed by atoms with van der Waals surface area (Å²) in [5.41, 5.74) is 8.08. The first-order chi connectivity index (χ1) is 12.0. The molecule has 0 heterocycles. The summed E-state index contributed by atoms with van der Waals surface area (Å²) in [5, 5.41) is 0. The van der Waals surface area contributed by atoms with Gasteiger partial charge in [0.25, 0.3) is 0 Å². The molecule has 2 rings (SSSR count). The van der Waals surface area contributed by atoms with Gasteiger partial charge < -0.3 is 5.73 Å². The van der Waals surface area contributed by atoms with Gasteiger partial charge in [0, 0.05) is 10.9 Å². The molecule has 136 valence electrons. The fraction of sp³-hybridized carbons (Fsp3) is 0.524. The van der Waals surface area contributed by atoms with Crippen LogP contribution in [0.25, 0.3) is 0 Å². The Bertz CT molecular complexity index is 628. The molecule has 0 bridgehead atoms. The molecule has 1 saturated carbocycles. The minimum Gasteiger partial charge on any atom is -0.369 e. The van der Waals surface area contributed by atoms with E-state index in [9.17, 15) is 9.59 Å². The van der Waals surface area contributed by atoms with Crippen molar-refractivity contribution in [2.75, 3.05) is 0 Å². The first kappa shape index (κ1) is 19.9. The maximum Gasteiger partial charge on any atom is 0.227 e. The SMILES string of the molecule is CCCC/C(=C(\C=O)Cc1ccc(Br)cc1)C1(C(N)=O)CCCCC1. The van der Waals surface area contributed by atoms with Gasteiger partial charge in [0.1, 0.15) is 6.29 Å². The number of carbonyl (C=O) groups excluding carboxylic acids is 2. The van der Waals surface area contributed by atoms with Crippen molar-refractivity contribution >= 4 is 28.1 Å². The number of nitrogens with two attached hydrogens (primary N) is 1. The molecule has 25 heavy (non-hydrogen) atoms. The summed E-state index contributed by atoms with van der Waals surface area (Å²) >= 11 is 3.44. The number of unbranched alkanes of at least 4 members (excludes halogenated alkanes) is 1. The molecule has 4 heteroatoms. The molecule has 0 spiro atoms. The first-order valence-electron chi connectivity index (χ1n) is 9.25. The van der Waals surface area contributed by atoms with Crippen LogP contribution in [0.2, 0.25) is 0 Å². The van der Waals surface area contributed by atoms with Crippen molar-refractivity contribution in [3.8, 4) is 0 Å². The monoisotopic (exact) mass is 405 g/mol. The molecule has 1 aliphatic carbocycles. The predicted octanol–water partition coefficient (Wildman–Crippen LogP) is 5.11. The van der Waals surface area contributed by atoms with Crippen LogP contribution in [0.3, 0.4) is 0 Å². The van der Waals surface area contributed by atoms with E-state index in [-0.39, 0.29) is 5.91 Å². The number of halogens is 1. The number of hydrogen-bond donors (Lipinski definition) is 1. The van der Waals surface area contributed by atoms with Gasteiger partial charge in [-0.15, -0.1) is 0 Å². The van der Waals surface area contributed by atoms with Gasteiger partial charge in [0.2, 0.25) is 5.91 Å².